The molecular weight excluding hydrogens is 280 g/mol. The van der Waals surface area contributed by atoms with Crippen LogP contribution in [0.4, 0.5) is 4.79 Å². The van der Waals surface area contributed by atoms with Crippen LogP contribution in [-0.2, 0) is 0 Å². The quantitative estimate of drug-likeness (QED) is 0.778. The SMILES string of the molecule is O=C(O)NC(CN1CCCC1)C(O)c1cccc(Cl)c1. The second kappa shape index (κ2) is 6.92. The van der Waals surface area contributed by atoms with Crippen LogP contribution in [0.3, 0.4) is 0 Å². The fourth-order valence-corrected chi connectivity index (χ4v) is 2.75. The zero-order chi connectivity index (χ0) is 14.5. The number of rotatable bonds is 5. The van der Waals surface area contributed by atoms with Gasteiger partial charge in [0.15, 0.2) is 0 Å². The first kappa shape index (κ1) is 15.1. The molecule has 1 amide bonds. The first-order valence-electron chi connectivity index (χ1n) is 6.71. The van der Waals surface area contributed by atoms with Crippen molar-refractivity contribution in [3.8, 4) is 0 Å². The third-order valence-electron chi connectivity index (χ3n) is 3.53. The Morgan fingerprint density at radius 3 is 2.70 bits per heavy atom. The van der Waals surface area contributed by atoms with Crippen LogP contribution in [0.2, 0.25) is 5.02 Å². The Morgan fingerprint density at radius 1 is 1.40 bits per heavy atom. The number of hydrogen-bond acceptors (Lipinski definition) is 3. The molecule has 3 N–H and O–H groups in total. The highest BCUT2D eigenvalue weighted by Gasteiger charge is 2.26. The van der Waals surface area contributed by atoms with Crippen LogP contribution in [-0.4, -0.2) is 46.9 Å². The predicted octanol–water partition coefficient (Wildman–Crippen LogP) is 2.11. The van der Waals surface area contributed by atoms with E-state index < -0.39 is 18.2 Å². The summed E-state index contributed by atoms with van der Waals surface area (Å²) in [4.78, 5) is 13.1. The van der Waals surface area contributed by atoms with Crippen molar-refractivity contribution in [2.75, 3.05) is 19.6 Å². The van der Waals surface area contributed by atoms with Crippen molar-refractivity contribution in [1.82, 2.24) is 10.2 Å². The highest BCUT2D eigenvalue weighted by atomic mass is 35.5. The highest BCUT2D eigenvalue weighted by molar-refractivity contribution is 6.30. The van der Waals surface area contributed by atoms with Crippen LogP contribution < -0.4 is 5.32 Å². The summed E-state index contributed by atoms with van der Waals surface area (Å²) in [6.45, 7) is 2.39. The molecule has 1 saturated heterocycles. The van der Waals surface area contributed by atoms with Crippen LogP contribution >= 0.6 is 11.6 Å². The van der Waals surface area contributed by atoms with E-state index in [1.54, 1.807) is 24.3 Å². The lowest BCUT2D eigenvalue weighted by Gasteiger charge is -2.27. The molecule has 2 rings (SSSR count). The lowest BCUT2D eigenvalue weighted by molar-refractivity contribution is 0.102. The fraction of sp³-hybridized carbons (Fsp3) is 0.500. The Kier molecular flexibility index (Phi) is 5.23. The van der Waals surface area contributed by atoms with Gasteiger partial charge in [-0.2, -0.15) is 0 Å². The van der Waals surface area contributed by atoms with Crippen molar-refractivity contribution in [2.24, 2.45) is 0 Å². The lowest BCUT2D eigenvalue weighted by atomic mass is 10.0. The van der Waals surface area contributed by atoms with Gasteiger partial charge in [0.25, 0.3) is 0 Å². The molecule has 2 atom stereocenters. The number of aliphatic hydroxyl groups excluding tert-OH is 1. The van der Waals surface area contributed by atoms with Crippen molar-refractivity contribution in [1.29, 1.82) is 0 Å². The molecule has 5 nitrogen and oxygen atoms in total. The first-order chi connectivity index (χ1) is 9.56. The van der Waals surface area contributed by atoms with E-state index in [1.165, 1.54) is 0 Å². The molecule has 2 unspecified atom stereocenters. The number of nitrogens with zero attached hydrogens (tertiary/aromatic N) is 1. The Balaban J connectivity index is 2.09. The molecule has 1 aliphatic heterocycles. The number of nitrogens with one attached hydrogen (secondary N) is 1. The highest BCUT2D eigenvalue weighted by Crippen LogP contribution is 2.22. The summed E-state index contributed by atoms with van der Waals surface area (Å²) in [5.41, 5.74) is 0.621. The molecule has 0 saturated carbocycles. The predicted molar refractivity (Wildman–Crippen MR) is 77.0 cm³/mol. The summed E-state index contributed by atoms with van der Waals surface area (Å²) in [5, 5.41) is 22.3. The maximum atomic E-state index is 10.9. The number of benzene rings is 1. The van der Waals surface area contributed by atoms with E-state index in [0.717, 1.165) is 25.9 Å². The first-order valence-corrected chi connectivity index (χ1v) is 7.09. The maximum absolute atomic E-state index is 10.9. The van der Waals surface area contributed by atoms with Crippen molar-refractivity contribution in [3.05, 3.63) is 34.9 Å². The minimum absolute atomic E-state index is 0.500. The van der Waals surface area contributed by atoms with E-state index in [4.69, 9.17) is 16.7 Å². The molecule has 20 heavy (non-hydrogen) atoms. The van der Waals surface area contributed by atoms with Crippen molar-refractivity contribution < 1.29 is 15.0 Å². The summed E-state index contributed by atoms with van der Waals surface area (Å²) in [6.07, 6.45) is 0.195. The molecular formula is C14H19ClN2O3. The fourth-order valence-electron chi connectivity index (χ4n) is 2.55. The second-order valence-corrected chi connectivity index (χ2v) is 5.50. The third kappa shape index (κ3) is 4.10. The Bertz CT molecular complexity index is 463. The number of halogens is 1. The molecule has 1 heterocycles. The molecule has 110 valence electrons. The van der Waals surface area contributed by atoms with Crippen LogP contribution in [0.15, 0.2) is 24.3 Å². The Hall–Kier alpha value is -1.30. The molecule has 1 aromatic rings. The van der Waals surface area contributed by atoms with Gasteiger partial charge in [0, 0.05) is 11.6 Å². The van der Waals surface area contributed by atoms with Gasteiger partial charge in [0.2, 0.25) is 0 Å². The summed E-state index contributed by atoms with van der Waals surface area (Å²) >= 11 is 5.91. The monoisotopic (exact) mass is 298 g/mol. The molecule has 6 heteroatoms. The molecule has 1 fully saturated rings. The topological polar surface area (TPSA) is 72.8 Å². The number of aliphatic hydroxyl groups is 1. The van der Waals surface area contributed by atoms with Crippen molar-refractivity contribution >= 4 is 17.7 Å². The number of hydrogen-bond donors (Lipinski definition) is 3. The number of carbonyl (C=O) groups is 1. The minimum atomic E-state index is -1.13. The average Bonchev–Trinajstić information content (AvgIpc) is 2.89. The zero-order valence-corrected chi connectivity index (χ0v) is 11.9. The molecule has 1 aromatic carbocycles. The van der Waals surface area contributed by atoms with Crippen LogP contribution in [0.5, 0.6) is 0 Å². The van der Waals surface area contributed by atoms with E-state index in [-0.39, 0.29) is 0 Å². The van der Waals surface area contributed by atoms with Gasteiger partial charge in [-0.3, -0.25) is 0 Å². The number of likely N-dealkylation sites (tertiary alicyclic amines) is 1. The van der Waals surface area contributed by atoms with Gasteiger partial charge in [0.1, 0.15) is 6.10 Å². The number of amides is 1. The molecule has 0 radical (unpaired) electrons. The van der Waals surface area contributed by atoms with Crippen LogP contribution in [0.25, 0.3) is 0 Å². The summed E-state index contributed by atoms with van der Waals surface area (Å²) in [6, 6.07) is 6.31. The van der Waals surface area contributed by atoms with Crippen molar-refractivity contribution in [3.63, 3.8) is 0 Å². The van der Waals surface area contributed by atoms with Gasteiger partial charge in [-0.25, -0.2) is 4.79 Å². The standard InChI is InChI=1S/C14H19ClN2O3/c15-11-5-3-4-10(8-11)13(18)12(16-14(19)20)9-17-6-1-2-7-17/h3-5,8,12-13,16,18H,1-2,6-7,9H2,(H,19,20). The lowest BCUT2D eigenvalue weighted by Crippen LogP contribution is -2.46. The van der Waals surface area contributed by atoms with Crippen molar-refractivity contribution in [2.45, 2.75) is 25.0 Å². The van der Waals surface area contributed by atoms with Gasteiger partial charge < -0.3 is 20.4 Å². The summed E-state index contributed by atoms with van der Waals surface area (Å²) in [5.74, 6) is 0. The summed E-state index contributed by atoms with van der Waals surface area (Å²) < 4.78 is 0. The Labute approximate surface area is 123 Å². The molecule has 0 aromatic heterocycles. The number of carboxylic acid groups (broad SMARTS) is 1. The van der Waals surface area contributed by atoms with E-state index in [2.05, 4.69) is 10.2 Å². The average molecular weight is 299 g/mol. The normalized spacial score (nSPS) is 18.7. The van der Waals surface area contributed by atoms with Crippen LogP contribution in [0.1, 0.15) is 24.5 Å². The molecule has 1 aliphatic rings. The van der Waals surface area contributed by atoms with Gasteiger partial charge in [-0.1, -0.05) is 23.7 Å². The van der Waals surface area contributed by atoms with E-state index in [1.807, 2.05) is 0 Å². The molecule has 0 spiro atoms. The van der Waals surface area contributed by atoms with Gasteiger partial charge >= 0.3 is 6.09 Å². The molecule has 0 aliphatic carbocycles. The van der Waals surface area contributed by atoms with Gasteiger partial charge in [-0.15, -0.1) is 0 Å². The third-order valence-corrected chi connectivity index (χ3v) is 3.77. The smallest absolute Gasteiger partial charge is 0.405 e. The Morgan fingerprint density at radius 2 is 2.10 bits per heavy atom. The molecule has 0 bridgehead atoms. The second-order valence-electron chi connectivity index (χ2n) is 5.06. The van der Waals surface area contributed by atoms with Gasteiger partial charge in [-0.05, 0) is 43.6 Å². The summed E-state index contributed by atoms with van der Waals surface area (Å²) in [7, 11) is 0. The van der Waals surface area contributed by atoms with E-state index >= 15 is 0 Å². The van der Waals surface area contributed by atoms with Gasteiger partial charge in [0.05, 0.1) is 6.04 Å². The van der Waals surface area contributed by atoms with E-state index in [0.29, 0.717) is 17.1 Å². The maximum Gasteiger partial charge on any atom is 0.405 e. The largest absolute Gasteiger partial charge is 0.465 e. The minimum Gasteiger partial charge on any atom is -0.465 e. The van der Waals surface area contributed by atoms with Crippen LogP contribution in [0, 0.1) is 0 Å². The zero-order valence-electron chi connectivity index (χ0n) is 11.1. The van der Waals surface area contributed by atoms with E-state index in [9.17, 15) is 9.90 Å².